The third kappa shape index (κ3) is 6.78. The highest BCUT2D eigenvalue weighted by molar-refractivity contribution is 7.99. The van der Waals surface area contributed by atoms with Crippen LogP contribution >= 0.6 is 35.0 Å². The number of hydrogen-bond donors (Lipinski definition) is 2. The molecule has 1 heterocycles. The highest BCUT2D eigenvalue weighted by Gasteiger charge is 2.26. The van der Waals surface area contributed by atoms with Crippen molar-refractivity contribution >= 4 is 52.5 Å². The Morgan fingerprint density at radius 2 is 1.77 bits per heavy atom. The molecule has 0 unspecified atom stereocenters. The van der Waals surface area contributed by atoms with Gasteiger partial charge in [-0.3, -0.25) is 9.59 Å². The Balaban J connectivity index is 1.72. The Morgan fingerprint density at radius 3 is 2.40 bits per heavy atom. The molecule has 2 aromatic carbocycles. The molecule has 0 fully saturated rings. The van der Waals surface area contributed by atoms with Crippen LogP contribution in [-0.4, -0.2) is 32.3 Å². The molecule has 35 heavy (non-hydrogen) atoms. The van der Waals surface area contributed by atoms with Crippen LogP contribution in [0, 0.1) is 19.8 Å². The van der Waals surface area contributed by atoms with Crippen LogP contribution in [0.5, 0.6) is 0 Å². The van der Waals surface area contributed by atoms with Gasteiger partial charge in [0.2, 0.25) is 5.91 Å². The van der Waals surface area contributed by atoms with Crippen LogP contribution < -0.4 is 10.6 Å². The lowest BCUT2D eigenvalue weighted by molar-refractivity contribution is -0.113. The summed E-state index contributed by atoms with van der Waals surface area (Å²) in [4.78, 5) is 25.4. The molecule has 1 atom stereocenters. The van der Waals surface area contributed by atoms with Gasteiger partial charge >= 0.3 is 0 Å². The first-order valence-corrected chi connectivity index (χ1v) is 13.0. The summed E-state index contributed by atoms with van der Waals surface area (Å²) >= 11 is 13.4. The molecule has 0 aliphatic rings. The van der Waals surface area contributed by atoms with Gasteiger partial charge in [0.25, 0.3) is 5.91 Å². The van der Waals surface area contributed by atoms with E-state index in [1.165, 1.54) is 23.4 Å². The summed E-state index contributed by atoms with van der Waals surface area (Å²) in [5.74, 6) is 0.455. The molecule has 10 heteroatoms. The molecule has 0 aliphatic heterocycles. The van der Waals surface area contributed by atoms with Crippen molar-refractivity contribution in [3.63, 3.8) is 0 Å². The molecule has 0 radical (unpaired) electrons. The van der Waals surface area contributed by atoms with Crippen LogP contribution in [0.4, 0.5) is 5.69 Å². The fraction of sp³-hybridized carbons (Fsp3) is 0.360. The van der Waals surface area contributed by atoms with Crippen molar-refractivity contribution in [2.75, 3.05) is 11.1 Å². The van der Waals surface area contributed by atoms with E-state index in [4.69, 9.17) is 23.2 Å². The van der Waals surface area contributed by atoms with E-state index < -0.39 is 0 Å². The van der Waals surface area contributed by atoms with Gasteiger partial charge in [0.05, 0.1) is 21.8 Å². The van der Waals surface area contributed by atoms with Gasteiger partial charge in [-0.2, -0.15) is 0 Å². The molecule has 2 amide bonds. The quantitative estimate of drug-likeness (QED) is 0.325. The minimum Gasteiger partial charge on any atom is -0.342 e. The van der Waals surface area contributed by atoms with Crippen molar-refractivity contribution in [1.29, 1.82) is 0 Å². The fourth-order valence-corrected chi connectivity index (χ4v) is 4.58. The smallest absolute Gasteiger partial charge is 0.251 e. The van der Waals surface area contributed by atoms with Gasteiger partial charge in [-0.1, -0.05) is 54.9 Å². The van der Waals surface area contributed by atoms with E-state index in [0.717, 1.165) is 11.3 Å². The number of rotatable bonds is 9. The molecule has 2 N–H and O–H groups in total. The summed E-state index contributed by atoms with van der Waals surface area (Å²) < 4.78 is 1.92. The zero-order valence-corrected chi connectivity index (χ0v) is 22.7. The maximum absolute atomic E-state index is 12.9. The average Bonchev–Trinajstić information content (AvgIpc) is 3.22. The molecule has 0 bridgehead atoms. The number of benzene rings is 2. The van der Waals surface area contributed by atoms with Gasteiger partial charge in [0.15, 0.2) is 11.0 Å². The molecule has 1 aromatic heterocycles. The fourth-order valence-electron chi connectivity index (χ4n) is 3.47. The second-order valence-electron chi connectivity index (χ2n) is 8.54. The standard InChI is InChI=1S/C25H29Cl2N5O2S/c1-6-32-23(22(14(2)3)29-24(34)17-8-10-19(26)20(27)12-17)30-31-25(32)35-13-21(33)28-18-9-7-15(4)16(5)11-18/h7-12,14,22H,6,13H2,1-5H3,(H,28,33)(H,29,34)/t22-/m0/s1. The number of nitrogens with one attached hydrogen (secondary N) is 2. The minimum absolute atomic E-state index is 0.0437. The number of nitrogens with zero attached hydrogens (tertiary/aromatic N) is 3. The van der Waals surface area contributed by atoms with Gasteiger partial charge in [-0.15, -0.1) is 10.2 Å². The van der Waals surface area contributed by atoms with E-state index in [-0.39, 0.29) is 29.5 Å². The van der Waals surface area contributed by atoms with Gasteiger partial charge in [0.1, 0.15) is 0 Å². The van der Waals surface area contributed by atoms with Gasteiger partial charge in [-0.25, -0.2) is 0 Å². The van der Waals surface area contributed by atoms with Crippen molar-refractivity contribution in [2.45, 2.75) is 52.4 Å². The van der Waals surface area contributed by atoms with Crippen molar-refractivity contribution in [1.82, 2.24) is 20.1 Å². The Morgan fingerprint density at radius 1 is 1.03 bits per heavy atom. The maximum Gasteiger partial charge on any atom is 0.251 e. The summed E-state index contributed by atoms with van der Waals surface area (Å²) in [6, 6.07) is 10.2. The van der Waals surface area contributed by atoms with E-state index in [9.17, 15) is 9.59 Å². The minimum atomic E-state index is -0.386. The predicted molar refractivity (Wildman–Crippen MR) is 142 cm³/mol. The van der Waals surface area contributed by atoms with E-state index in [1.807, 2.05) is 57.4 Å². The van der Waals surface area contributed by atoms with Gasteiger partial charge in [-0.05, 0) is 68.1 Å². The van der Waals surface area contributed by atoms with Crippen molar-refractivity contribution < 1.29 is 9.59 Å². The van der Waals surface area contributed by atoms with E-state index in [0.29, 0.717) is 33.1 Å². The molecular formula is C25H29Cl2N5O2S. The Bertz CT molecular complexity index is 1230. The van der Waals surface area contributed by atoms with Crippen LogP contribution in [0.15, 0.2) is 41.6 Å². The molecule has 0 saturated carbocycles. The maximum atomic E-state index is 12.9. The summed E-state index contributed by atoms with van der Waals surface area (Å²) in [5.41, 5.74) is 3.46. The first kappa shape index (κ1) is 27.0. The Kier molecular flexibility index (Phi) is 9.21. The number of aromatic nitrogens is 3. The summed E-state index contributed by atoms with van der Waals surface area (Å²) in [6.07, 6.45) is 0. The number of carbonyl (C=O) groups excluding carboxylic acids is 2. The molecule has 0 saturated heterocycles. The second-order valence-corrected chi connectivity index (χ2v) is 10.3. The van der Waals surface area contributed by atoms with Crippen LogP contribution in [0.3, 0.4) is 0 Å². The van der Waals surface area contributed by atoms with Crippen molar-refractivity contribution in [2.24, 2.45) is 5.92 Å². The number of aryl methyl sites for hydroxylation is 2. The molecule has 0 spiro atoms. The molecular weight excluding hydrogens is 505 g/mol. The van der Waals surface area contributed by atoms with Crippen molar-refractivity contribution in [3.8, 4) is 0 Å². The summed E-state index contributed by atoms with van der Waals surface area (Å²) in [7, 11) is 0. The molecule has 7 nitrogen and oxygen atoms in total. The zero-order valence-electron chi connectivity index (χ0n) is 20.4. The molecule has 3 aromatic rings. The number of anilines is 1. The topological polar surface area (TPSA) is 88.9 Å². The van der Waals surface area contributed by atoms with Crippen LogP contribution in [-0.2, 0) is 11.3 Å². The molecule has 186 valence electrons. The van der Waals surface area contributed by atoms with Gasteiger partial charge < -0.3 is 15.2 Å². The van der Waals surface area contributed by atoms with E-state index >= 15 is 0 Å². The van der Waals surface area contributed by atoms with Crippen LogP contribution in [0.1, 0.15) is 54.1 Å². The van der Waals surface area contributed by atoms with E-state index in [2.05, 4.69) is 20.8 Å². The normalized spacial score (nSPS) is 12.0. The highest BCUT2D eigenvalue weighted by Crippen LogP contribution is 2.27. The first-order valence-electron chi connectivity index (χ1n) is 11.3. The lowest BCUT2D eigenvalue weighted by atomic mass is 10.0. The number of halogens is 2. The average molecular weight is 535 g/mol. The third-order valence-electron chi connectivity index (χ3n) is 5.60. The predicted octanol–water partition coefficient (Wildman–Crippen LogP) is 6.08. The first-order chi connectivity index (χ1) is 16.6. The summed E-state index contributed by atoms with van der Waals surface area (Å²) in [5, 5.41) is 16.0. The van der Waals surface area contributed by atoms with E-state index in [1.54, 1.807) is 12.1 Å². The lowest BCUT2D eigenvalue weighted by Crippen LogP contribution is -2.33. The van der Waals surface area contributed by atoms with Crippen LogP contribution in [0.25, 0.3) is 0 Å². The third-order valence-corrected chi connectivity index (χ3v) is 7.30. The number of amides is 2. The lowest BCUT2D eigenvalue weighted by Gasteiger charge is -2.22. The Hall–Kier alpha value is -2.55. The molecule has 3 rings (SSSR count). The number of thioether (sulfide) groups is 1. The van der Waals surface area contributed by atoms with Gasteiger partial charge in [0, 0.05) is 17.8 Å². The number of carbonyl (C=O) groups is 2. The largest absolute Gasteiger partial charge is 0.342 e. The highest BCUT2D eigenvalue weighted by atomic mass is 35.5. The van der Waals surface area contributed by atoms with Crippen LogP contribution in [0.2, 0.25) is 10.0 Å². The molecule has 0 aliphatic carbocycles. The Labute approximate surface area is 220 Å². The SMILES string of the molecule is CCn1c(SCC(=O)Nc2ccc(C)c(C)c2)nnc1[C@@H](NC(=O)c1ccc(Cl)c(Cl)c1)C(C)C. The van der Waals surface area contributed by atoms with Crippen molar-refractivity contribution in [3.05, 3.63) is 69.0 Å². The zero-order chi connectivity index (χ0) is 25.7. The second kappa shape index (κ2) is 11.9. The summed E-state index contributed by atoms with van der Waals surface area (Å²) in [6.45, 7) is 10.6. The monoisotopic (exact) mass is 533 g/mol. The number of hydrogen-bond acceptors (Lipinski definition) is 5.